The predicted molar refractivity (Wildman–Crippen MR) is 111 cm³/mol. The molecule has 0 fully saturated rings. The van der Waals surface area contributed by atoms with E-state index < -0.39 is 0 Å². The van der Waals surface area contributed by atoms with E-state index in [2.05, 4.69) is 44.4 Å². The van der Waals surface area contributed by atoms with Gasteiger partial charge >= 0.3 is 0 Å². The molecule has 0 unspecified atom stereocenters. The fraction of sp³-hybridized carbons (Fsp3) is 0.238. The summed E-state index contributed by atoms with van der Waals surface area (Å²) < 4.78 is 11.1. The van der Waals surface area contributed by atoms with E-state index in [0.29, 0.717) is 35.1 Å². The van der Waals surface area contributed by atoms with Gasteiger partial charge in [-0.25, -0.2) is 4.98 Å². The summed E-state index contributed by atoms with van der Waals surface area (Å²) >= 11 is 1.43. The Labute approximate surface area is 172 Å². The molecular formula is C21H21N5O2S. The van der Waals surface area contributed by atoms with Gasteiger partial charge in [0.1, 0.15) is 12.4 Å². The van der Waals surface area contributed by atoms with Crippen LogP contribution in [-0.4, -0.2) is 25.3 Å². The molecular weight excluding hydrogens is 386 g/mol. The topological polar surface area (TPSA) is 89.7 Å². The van der Waals surface area contributed by atoms with Crippen LogP contribution in [0.3, 0.4) is 0 Å². The predicted octanol–water partition coefficient (Wildman–Crippen LogP) is 4.60. The molecule has 2 aromatic heterocycles. The number of aryl methyl sites for hydroxylation is 2. The molecule has 29 heavy (non-hydrogen) atoms. The van der Waals surface area contributed by atoms with Gasteiger partial charge in [-0.05, 0) is 30.5 Å². The van der Waals surface area contributed by atoms with Crippen molar-refractivity contribution in [1.29, 1.82) is 0 Å². The van der Waals surface area contributed by atoms with Crippen molar-refractivity contribution in [2.45, 2.75) is 37.8 Å². The minimum atomic E-state index is 0.330. The number of thioether (sulfide) groups is 1. The molecule has 4 rings (SSSR count). The molecule has 0 aliphatic heterocycles. The van der Waals surface area contributed by atoms with Crippen LogP contribution in [0, 0.1) is 6.92 Å². The van der Waals surface area contributed by atoms with Crippen LogP contribution in [0.1, 0.15) is 29.8 Å². The molecule has 0 saturated carbocycles. The van der Waals surface area contributed by atoms with Crippen molar-refractivity contribution in [2.75, 3.05) is 0 Å². The lowest BCUT2D eigenvalue weighted by molar-refractivity contribution is 0.294. The van der Waals surface area contributed by atoms with Gasteiger partial charge < -0.3 is 9.26 Å². The molecule has 2 aromatic carbocycles. The van der Waals surface area contributed by atoms with Gasteiger partial charge in [-0.15, -0.1) is 5.10 Å². The maximum Gasteiger partial charge on any atom is 0.237 e. The second kappa shape index (κ2) is 8.91. The first kappa shape index (κ1) is 19.2. The average molecular weight is 407 g/mol. The molecule has 8 heteroatoms. The van der Waals surface area contributed by atoms with Crippen molar-refractivity contribution >= 4 is 11.8 Å². The zero-order valence-corrected chi connectivity index (χ0v) is 17.1. The first-order valence-corrected chi connectivity index (χ1v) is 10.3. The zero-order chi connectivity index (χ0) is 20.1. The van der Waals surface area contributed by atoms with Crippen LogP contribution in [0.2, 0.25) is 0 Å². The second-order valence-electron chi connectivity index (χ2n) is 6.47. The first-order valence-electron chi connectivity index (χ1n) is 9.35. The number of aromatic nitrogens is 5. The fourth-order valence-corrected chi connectivity index (χ4v) is 3.37. The lowest BCUT2D eigenvalue weighted by Gasteiger charge is -2.06. The van der Waals surface area contributed by atoms with Crippen LogP contribution in [0.4, 0.5) is 0 Å². The van der Waals surface area contributed by atoms with Crippen molar-refractivity contribution in [3.05, 3.63) is 71.4 Å². The monoisotopic (exact) mass is 407 g/mol. The number of nitrogens with one attached hydrogen (secondary N) is 1. The third-order valence-electron chi connectivity index (χ3n) is 4.38. The van der Waals surface area contributed by atoms with E-state index >= 15 is 0 Å². The Kier molecular flexibility index (Phi) is 5.90. The van der Waals surface area contributed by atoms with E-state index in [1.165, 1.54) is 17.3 Å². The zero-order valence-electron chi connectivity index (χ0n) is 16.3. The van der Waals surface area contributed by atoms with Crippen LogP contribution in [0.5, 0.6) is 5.75 Å². The molecule has 0 bridgehead atoms. The lowest BCUT2D eigenvalue weighted by atomic mass is 10.1. The van der Waals surface area contributed by atoms with Gasteiger partial charge in [0.2, 0.25) is 16.9 Å². The summed E-state index contributed by atoms with van der Waals surface area (Å²) in [6.07, 6.45) is 1.00. The van der Waals surface area contributed by atoms with E-state index in [-0.39, 0.29) is 0 Å². The molecule has 0 amide bonds. The van der Waals surface area contributed by atoms with Gasteiger partial charge in [0, 0.05) is 5.56 Å². The minimum Gasteiger partial charge on any atom is -0.485 e. The number of para-hydroxylation sites is 1. The van der Waals surface area contributed by atoms with Crippen molar-refractivity contribution in [3.8, 4) is 17.1 Å². The highest BCUT2D eigenvalue weighted by atomic mass is 32.2. The van der Waals surface area contributed by atoms with Crippen molar-refractivity contribution in [1.82, 2.24) is 25.3 Å². The van der Waals surface area contributed by atoms with E-state index in [1.54, 1.807) is 0 Å². The number of benzene rings is 2. The molecule has 0 aliphatic rings. The Balaban J connectivity index is 1.32. The van der Waals surface area contributed by atoms with Gasteiger partial charge in [0.05, 0.1) is 5.75 Å². The Hall–Kier alpha value is -3.13. The maximum atomic E-state index is 5.78. The Morgan fingerprint density at radius 3 is 2.69 bits per heavy atom. The van der Waals surface area contributed by atoms with E-state index in [1.807, 2.05) is 43.3 Å². The largest absolute Gasteiger partial charge is 0.485 e. The van der Waals surface area contributed by atoms with Gasteiger partial charge in [0.15, 0.2) is 5.82 Å². The van der Waals surface area contributed by atoms with Crippen molar-refractivity contribution in [3.63, 3.8) is 0 Å². The van der Waals surface area contributed by atoms with E-state index in [0.717, 1.165) is 23.3 Å². The maximum absolute atomic E-state index is 5.78. The second-order valence-corrected chi connectivity index (χ2v) is 7.41. The molecule has 0 saturated heterocycles. The molecule has 1 N–H and O–H groups in total. The summed E-state index contributed by atoms with van der Waals surface area (Å²) in [5, 5.41) is 11.8. The number of hydrogen-bond acceptors (Lipinski definition) is 7. The minimum absolute atomic E-state index is 0.330. The highest BCUT2D eigenvalue weighted by molar-refractivity contribution is 7.98. The smallest absolute Gasteiger partial charge is 0.237 e. The van der Waals surface area contributed by atoms with Crippen molar-refractivity contribution < 1.29 is 9.26 Å². The first-order chi connectivity index (χ1) is 14.2. The summed E-state index contributed by atoms with van der Waals surface area (Å²) in [6, 6.07) is 16.0. The molecule has 0 spiro atoms. The summed E-state index contributed by atoms with van der Waals surface area (Å²) in [4.78, 5) is 8.89. The molecule has 0 aliphatic carbocycles. The SMILES string of the molecule is CCc1ccc(-c2noc(CSc3n[nH]c(COc4ccccc4C)n3)n2)cc1. The molecule has 7 nitrogen and oxygen atoms in total. The summed E-state index contributed by atoms with van der Waals surface area (Å²) in [7, 11) is 0. The van der Waals surface area contributed by atoms with Crippen molar-refractivity contribution in [2.24, 2.45) is 0 Å². The molecule has 0 atom stereocenters. The molecule has 4 aromatic rings. The number of nitrogens with zero attached hydrogens (tertiary/aromatic N) is 4. The third-order valence-corrected chi connectivity index (χ3v) is 5.21. The van der Waals surface area contributed by atoms with Gasteiger partial charge in [0.25, 0.3) is 0 Å². The molecule has 0 radical (unpaired) electrons. The van der Waals surface area contributed by atoms with E-state index in [4.69, 9.17) is 9.26 Å². The van der Waals surface area contributed by atoms with Crippen LogP contribution in [0.25, 0.3) is 11.4 Å². The Morgan fingerprint density at radius 2 is 1.90 bits per heavy atom. The van der Waals surface area contributed by atoms with Crippen LogP contribution in [-0.2, 0) is 18.8 Å². The molecule has 2 heterocycles. The summed E-state index contributed by atoms with van der Waals surface area (Å²) in [5.74, 6) is 3.12. The highest BCUT2D eigenvalue weighted by Crippen LogP contribution is 2.22. The lowest BCUT2D eigenvalue weighted by Crippen LogP contribution is -1.98. The fourth-order valence-electron chi connectivity index (χ4n) is 2.72. The Morgan fingerprint density at radius 1 is 1.07 bits per heavy atom. The quantitative estimate of drug-likeness (QED) is 0.427. The van der Waals surface area contributed by atoms with Crippen LogP contribution < -0.4 is 4.74 Å². The van der Waals surface area contributed by atoms with Gasteiger partial charge in [-0.2, -0.15) is 4.98 Å². The number of ether oxygens (including phenoxy) is 1. The summed E-state index contributed by atoms with van der Waals surface area (Å²) in [6.45, 7) is 4.46. The third kappa shape index (κ3) is 4.83. The Bertz CT molecular complexity index is 1070. The normalized spacial score (nSPS) is 11.0. The number of H-pyrrole nitrogens is 1. The number of rotatable bonds is 8. The number of aromatic amines is 1. The molecule has 148 valence electrons. The van der Waals surface area contributed by atoms with Crippen LogP contribution >= 0.6 is 11.8 Å². The summed E-state index contributed by atoms with van der Waals surface area (Å²) in [5.41, 5.74) is 3.30. The van der Waals surface area contributed by atoms with E-state index in [9.17, 15) is 0 Å². The van der Waals surface area contributed by atoms with Gasteiger partial charge in [-0.3, -0.25) is 5.10 Å². The average Bonchev–Trinajstić information content (AvgIpc) is 3.41. The number of hydrogen-bond donors (Lipinski definition) is 1. The standard InChI is InChI=1S/C21H21N5O2S/c1-3-15-8-10-16(11-9-15)20-23-19(28-26-20)13-29-21-22-18(24-25-21)12-27-17-7-5-4-6-14(17)2/h4-11H,3,12-13H2,1-2H3,(H,22,24,25). The van der Waals surface area contributed by atoms with Gasteiger partial charge in [-0.1, -0.05) is 66.3 Å². The highest BCUT2D eigenvalue weighted by Gasteiger charge is 2.11. The van der Waals surface area contributed by atoms with Crippen LogP contribution in [0.15, 0.2) is 58.2 Å².